The second-order valence-corrected chi connectivity index (χ2v) is 7.82. The molecule has 0 saturated carbocycles. The van der Waals surface area contributed by atoms with E-state index in [4.69, 9.17) is 4.74 Å². The van der Waals surface area contributed by atoms with Gasteiger partial charge >= 0.3 is 0 Å². The molecule has 0 aliphatic heterocycles. The van der Waals surface area contributed by atoms with Gasteiger partial charge in [-0.2, -0.15) is 5.10 Å². The van der Waals surface area contributed by atoms with Crippen LogP contribution in [0, 0.1) is 0 Å². The molecule has 10 heteroatoms. The molecule has 0 fully saturated rings. The minimum Gasteiger partial charge on any atom is -0.495 e. The van der Waals surface area contributed by atoms with E-state index in [1.54, 1.807) is 71.7 Å². The summed E-state index contributed by atoms with van der Waals surface area (Å²) in [5.41, 5.74) is 1.16. The standard InChI is InChI=1S/C20H18N6O3S/c1-29-17-5-2-3-6-18(17)30(27,28)25-16-9-7-15(8-10-16)24-19-13-20(22-14-21-19)26-12-4-11-23-26/h2-14,25H,1H3,(H,21,22,24). The van der Waals surface area contributed by atoms with E-state index < -0.39 is 10.0 Å². The third-order valence-corrected chi connectivity index (χ3v) is 5.58. The fourth-order valence-corrected chi connectivity index (χ4v) is 4.00. The predicted molar refractivity (Wildman–Crippen MR) is 113 cm³/mol. The Morgan fingerprint density at radius 2 is 1.73 bits per heavy atom. The molecule has 0 atom stereocenters. The number of anilines is 3. The molecule has 2 aromatic carbocycles. The van der Waals surface area contributed by atoms with Gasteiger partial charge in [-0.1, -0.05) is 12.1 Å². The van der Waals surface area contributed by atoms with Crippen LogP contribution in [-0.2, 0) is 10.0 Å². The molecule has 0 amide bonds. The molecular weight excluding hydrogens is 404 g/mol. The first-order chi connectivity index (χ1) is 14.5. The Morgan fingerprint density at radius 3 is 2.47 bits per heavy atom. The van der Waals surface area contributed by atoms with Crippen LogP contribution in [0.3, 0.4) is 0 Å². The summed E-state index contributed by atoms with van der Waals surface area (Å²) in [7, 11) is -2.35. The van der Waals surface area contributed by atoms with Crippen LogP contribution in [0.25, 0.3) is 5.82 Å². The van der Waals surface area contributed by atoms with Gasteiger partial charge in [0.25, 0.3) is 10.0 Å². The Kier molecular flexibility index (Phi) is 5.31. The van der Waals surface area contributed by atoms with Gasteiger partial charge in [0.1, 0.15) is 22.8 Å². The normalized spacial score (nSPS) is 11.1. The van der Waals surface area contributed by atoms with Crippen molar-refractivity contribution in [2.24, 2.45) is 0 Å². The van der Waals surface area contributed by atoms with Gasteiger partial charge in [0.05, 0.1) is 7.11 Å². The summed E-state index contributed by atoms with van der Waals surface area (Å²) >= 11 is 0. The van der Waals surface area contributed by atoms with Crippen molar-refractivity contribution in [2.45, 2.75) is 4.90 Å². The van der Waals surface area contributed by atoms with Crippen molar-refractivity contribution in [2.75, 3.05) is 17.1 Å². The minimum atomic E-state index is -3.78. The van der Waals surface area contributed by atoms with E-state index in [1.807, 2.05) is 0 Å². The van der Waals surface area contributed by atoms with Crippen molar-refractivity contribution in [3.8, 4) is 11.6 Å². The summed E-state index contributed by atoms with van der Waals surface area (Å²) in [6.45, 7) is 0. The SMILES string of the molecule is COc1ccccc1S(=O)(=O)Nc1ccc(Nc2cc(-n3cccn3)ncn2)cc1. The number of para-hydroxylation sites is 1. The molecule has 0 aliphatic rings. The van der Waals surface area contributed by atoms with Crippen LogP contribution in [0.4, 0.5) is 17.2 Å². The topological polar surface area (TPSA) is 111 Å². The third-order valence-electron chi connectivity index (χ3n) is 4.16. The van der Waals surface area contributed by atoms with Crippen molar-refractivity contribution < 1.29 is 13.2 Å². The number of hydrogen-bond donors (Lipinski definition) is 2. The Labute approximate surface area is 173 Å². The molecule has 2 aromatic heterocycles. The molecule has 9 nitrogen and oxygen atoms in total. The first kappa shape index (κ1) is 19.4. The van der Waals surface area contributed by atoms with E-state index >= 15 is 0 Å². The molecule has 2 heterocycles. The smallest absolute Gasteiger partial charge is 0.265 e. The Morgan fingerprint density at radius 1 is 0.967 bits per heavy atom. The van der Waals surface area contributed by atoms with E-state index in [1.165, 1.54) is 19.5 Å². The van der Waals surface area contributed by atoms with Crippen molar-refractivity contribution in [1.82, 2.24) is 19.7 Å². The average Bonchev–Trinajstić information content (AvgIpc) is 3.30. The number of sulfonamides is 1. The van der Waals surface area contributed by atoms with Gasteiger partial charge in [0.15, 0.2) is 5.82 Å². The highest BCUT2D eigenvalue weighted by Gasteiger charge is 2.19. The van der Waals surface area contributed by atoms with Crippen molar-refractivity contribution >= 4 is 27.2 Å². The number of methoxy groups -OCH3 is 1. The molecule has 4 rings (SSSR count). The number of rotatable bonds is 7. The largest absolute Gasteiger partial charge is 0.495 e. The molecular formula is C20H18N6O3S. The van der Waals surface area contributed by atoms with E-state index in [0.717, 1.165) is 5.69 Å². The maximum atomic E-state index is 12.7. The molecule has 4 aromatic rings. The van der Waals surface area contributed by atoms with E-state index in [9.17, 15) is 8.42 Å². The summed E-state index contributed by atoms with van der Waals surface area (Å²) < 4.78 is 34.7. The Hall–Kier alpha value is -3.92. The zero-order valence-corrected chi connectivity index (χ0v) is 16.7. The van der Waals surface area contributed by atoms with Crippen LogP contribution in [0.1, 0.15) is 0 Å². The summed E-state index contributed by atoms with van der Waals surface area (Å²) in [4.78, 5) is 8.45. The van der Waals surface area contributed by atoms with Gasteiger partial charge in [-0.3, -0.25) is 4.72 Å². The Bertz CT molecular complexity index is 1240. The highest BCUT2D eigenvalue weighted by atomic mass is 32.2. The summed E-state index contributed by atoms with van der Waals surface area (Å²) in [5.74, 6) is 1.48. The van der Waals surface area contributed by atoms with Crippen molar-refractivity contribution in [3.63, 3.8) is 0 Å². The lowest BCUT2D eigenvalue weighted by atomic mass is 10.3. The quantitative estimate of drug-likeness (QED) is 0.470. The second kappa shape index (κ2) is 8.21. The zero-order valence-electron chi connectivity index (χ0n) is 15.9. The van der Waals surface area contributed by atoms with Crippen LogP contribution in [0.5, 0.6) is 5.75 Å². The zero-order chi connectivity index (χ0) is 21.0. The van der Waals surface area contributed by atoms with Crippen LogP contribution in [0.15, 0.2) is 84.3 Å². The highest BCUT2D eigenvalue weighted by Crippen LogP contribution is 2.26. The number of nitrogens with zero attached hydrogens (tertiary/aromatic N) is 4. The monoisotopic (exact) mass is 422 g/mol. The van der Waals surface area contributed by atoms with Gasteiger partial charge in [-0.25, -0.2) is 23.1 Å². The predicted octanol–water partition coefficient (Wildman–Crippen LogP) is 3.22. The molecule has 0 unspecified atom stereocenters. The molecule has 0 bridgehead atoms. The maximum Gasteiger partial charge on any atom is 0.265 e. The summed E-state index contributed by atoms with van der Waals surface area (Å²) in [5, 5.41) is 7.30. The highest BCUT2D eigenvalue weighted by molar-refractivity contribution is 7.92. The van der Waals surface area contributed by atoms with Crippen molar-refractivity contribution in [3.05, 3.63) is 79.4 Å². The number of benzene rings is 2. The Balaban J connectivity index is 1.49. The third kappa shape index (κ3) is 4.23. The van der Waals surface area contributed by atoms with Gasteiger partial charge in [0, 0.05) is 29.8 Å². The fraction of sp³-hybridized carbons (Fsp3) is 0.0500. The van der Waals surface area contributed by atoms with Gasteiger partial charge in [-0.05, 0) is 42.5 Å². The molecule has 0 aliphatic carbocycles. The lowest BCUT2D eigenvalue weighted by Gasteiger charge is -2.12. The first-order valence-corrected chi connectivity index (χ1v) is 10.4. The minimum absolute atomic E-state index is 0.0711. The molecule has 152 valence electrons. The number of hydrogen-bond acceptors (Lipinski definition) is 7. The molecule has 2 N–H and O–H groups in total. The summed E-state index contributed by atoms with van der Waals surface area (Å²) in [6.07, 6.45) is 4.89. The lowest BCUT2D eigenvalue weighted by Crippen LogP contribution is -2.14. The molecule has 0 spiro atoms. The van der Waals surface area contributed by atoms with E-state index in [-0.39, 0.29) is 10.6 Å². The van der Waals surface area contributed by atoms with Gasteiger partial charge < -0.3 is 10.1 Å². The van der Waals surface area contributed by atoms with Crippen LogP contribution in [0.2, 0.25) is 0 Å². The second-order valence-electron chi connectivity index (χ2n) is 6.17. The molecule has 30 heavy (non-hydrogen) atoms. The fourth-order valence-electron chi connectivity index (χ4n) is 2.77. The molecule has 0 radical (unpaired) electrons. The van der Waals surface area contributed by atoms with Crippen LogP contribution < -0.4 is 14.8 Å². The molecule has 0 saturated heterocycles. The van der Waals surface area contributed by atoms with Crippen molar-refractivity contribution in [1.29, 1.82) is 0 Å². The number of ether oxygens (including phenoxy) is 1. The number of nitrogens with one attached hydrogen (secondary N) is 2. The summed E-state index contributed by atoms with van der Waals surface area (Å²) in [6, 6.07) is 16.8. The van der Waals surface area contributed by atoms with E-state index in [0.29, 0.717) is 17.3 Å². The average molecular weight is 422 g/mol. The number of aromatic nitrogens is 4. The van der Waals surface area contributed by atoms with Crippen LogP contribution >= 0.6 is 0 Å². The first-order valence-electron chi connectivity index (χ1n) is 8.90. The van der Waals surface area contributed by atoms with E-state index in [2.05, 4.69) is 25.1 Å². The van der Waals surface area contributed by atoms with Gasteiger partial charge in [-0.15, -0.1) is 0 Å². The van der Waals surface area contributed by atoms with Gasteiger partial charge in [0.2, 0.25) is 0 Å². The lowest BCUT2D eigenvalue weighted by molar-refractivity contribution is 0.403. The van der Waals surface area contributed by atoms with Crippen LogP contribution in [-0.4, -0.2) is 35.3 Å². The maximum absolute atomic E-state index is 12.7.